The van der Waals surface area contributed by atoms with Gasteiger partial charge in [0.2, 0.25) is 5.91 Å². The Balaban J connectivity index is 1.81. The third-order valence-corrected chi connectivity index (χ3v) is 4.01. The fourth-order valence-corrected chi connectivity index (χ4v) is 2.54. The van der Waals surface area contributed by atoms with Crippen molar-refractivity contribution in [3.8, 4) is 5.75 Å². The van der Waals surface area contributed by atoms with Gasteiger partial charge in [0.05, 0.1) is 6.54 Å². The zero-order valence-corrected chi connectivity index (χ0v) is 14.0. The molecule has 1 saturated heterocycles. The predicted molar refractivity (Wildman–Crippen MR) is 88.4 cm³/mol. The lowest BCUT2D eigenvalue weighted by molar-refractivity contribution is -0.139. The van der Waals surface area contributed by atoms with E-state index in [0.717, 1.165) is 5.56 Å². The van der Waals surface area contributed by atoms with Gasteiger partial charge in [-0.25, -0.2) is 0 Å². The zero-order chi connectivity index (χ0) is 16.8. The van der Waals surface area contributed by atoms with Crippen molar-refractivity contribution in [2.24, 2.45) is 0 Å². The van der Waals surface area contributed by atoms with Crippen LogP contribution >= 0.6 is 0 Å². The smallest absolute Gasteiger partial charge is 0.263 e. The Bertz CT molecular complexity index is 537. The molecular weight excluding hydrogens is 294 g/mol. The van der Waals surface area contributed by atoms with Crippen molar-refractivity contribution in [2.75, 3.05) is 39.8 Å². The van der Waals surface area contributed by atoms with Crippen molar-refractivity contribution in [3.05, 3.63) is 29.8 Å². The maximum absolute atomic E-state index is 12.5. The number of nitrogens with one attached hydrogen (secondary N) is 1. The molecule has 0 saturated carbocycles. The second kappa shape index (κ2) is 7.97. The monoisotopic (exact) mass is 319 g/mol. The Morgan fingerprint density at radius 2 is 1.78 bits per heavy atom. The number of aryl methyl sites for hydroxylation is 1. The van der Waals surface area contributed by atoms with Crippen molar-refractivity contribution >= 4 is 11.8 Å². The standard InChI is InChI=1S/C17H25N3O3/c1-13-4-6-15(7-5-13)23-14(2)17(22)20-10-8-19(9-11-20)12-16(21)18-3/h4-7,14H,8-12H2,1-3H3,(H,18,21)/t14-/m0/s1. The van der Waals surface area contributed by atoms with Gasteiger partial charge in [-0.15, -0.1) is 0 Å². The van der Waals surface area contributed by atoms with E-state index in [4.69, 9.17) is 4.74 Å². The van der Waals surface area contributed by atoms with E-state index in [2.05, 4.69) is 5.32 Å². The fraction of sp³-hybridized carbons (Fsp3) is 0.529. The number of nitrogens with zero attached hydrogens (tertiary/aromatic N) is 2. The Hall–Kier alpha value is -2.08. The van der Waals surface area contributed by atoms with Crippen LogP contribution in [-0.2, 0) is 9.59 Å². The minimum Gasteiger partial charge on any atom is -0.481 e. The molecule has 1 aromatic carbocycles. The van der Waals surface area contributed by atoms with Crippen molar-refractivity contribution in [1.29, 1.82) is 0 Å². The Morgan fingerprint density at radius 3 is 2.35 bits per heavy atom. The second-order valence-electron chi connectivity index (χ2n) is 5.85. The molecule has 1 aromatic rings. The van der Waals surface area contributed by atoms with Crippen LogP contribution in [0.3, 0.4) is 0 Å². The largest absolute Gasteiger partial charge is 0.481 e. The van der Waals surface area contributed by atoms with Crippen LogP contribution in [0.1, 0.15) is 12.5 Å². The first kappa shape index (κ1) is 17.3. The third kappa shape index (κ3) is 4.96. The van der Waals surface area contributed by atoms with Crippen molar-refractivity contribution in [2.45, 2.75) is 20.0 Å². The first-order valence-electron chi connectivity index (χ1n) is 7.94. The molecule has 23 heavy (non-hydrogen) atoms. The van der Waals surface area contributed by atoms with E-state index in [-0.39, 0.29) is 11.8 Å². The van der Waals surface area contributed by atoms with Crippen molar-refractivity contribution < 1.29 is 14.3 Å². The molecular formula is C17H25N3O3. The van der Waals surface area contributed by atoms with Gasteiger partial charge >= 0.3 is 0 Å². The van der Waals surface area contributed by atoms with Crippen LogP contribution < -0.4 is 10.1 Å². The molecule has 0 spiro atoms. The van der Waals surface area contributed by atoms with Gasteiger partial charge in [0, 0.05) is 33.2 Å². The van der Waals surface area contributed by atoms with Crippen LogP contribution in [0.2, 0.25) is 0 Å². The fourth-order valence-electron chi connectivity index (χ4n) is 2.54. The lowest BCUT2D eigenvalue weighted by Gasteiger charge is -2.35. The third-order valence-electron chi connectivity index (χ3n) is 4.01. The first-order chi connectivity index (χ1) is 11.0. The Labute approximate surface area is 137 Å². The zero-order valence-electron chi connectivity index (χ0n) is 14.0. The van der Waals surface area contributed by atoms with Crippen LogP contribution in [0.25, 0.3) is 0 Å². The lowest BCUT2D eigenvalue weighted by Crippen LogP contribution is -2.53. The number of ether oxygens (including phenoxy) is 1. The summed E-state index contributed by atoms with van der Waals surface area (Å²) in [7, 11) is 1.63. The van der Waals surface area contributed by atoms with Crippen LogP contribution in [-0.4, -0.2) is 67.5 Å². The first-order valence-corrected chi connectivity index (χ1v) is 7.94. The summed E-state index contributed by atoms with van der Waals surface area (Å²) in [5, 5.41) is 2.61. The summed E-state index contributed by atoms with van der Waals surface area (Å²) in [4.78, 5) is 27.7. The van der Waals surface area contributed by atoms with Gasteiger partial charge in [0.25, 0.3) is 5.91 Å². The van der Waals surface area contributed by atoms with E-state index in [1.54, 1.807) is 18.9 Å². The quantitative estimate of drug-likeness (QED) is 0.866. The van der Waals surface area contributed by atoms with Crippen LogP contribution in [0.5, 0.6) is 5.75 Å². The van der Waals surface area contributed by atoms with E-state index in [0.29, 0.717) is 38.5 Å². The van der Waals surface area contributed by atoms with Gasteiger partial charge in [0.1, 0.15) is 5.75 Å². The molecule has 1 fully saturated rings. The highest BCUT2D eigenvalue weighted by Gasteiger charge is 2.26. The topological polar surface area (TPSA) is 61.9 Å². The number of amides is 2. The second-order valence-corrected chi connectivity index (χ2v) is 5.85. The Kier molecular flexibility index (Phi) is 5.98. The molecule has 2 rings (SSSR count). The number of likely N-dealkylation sites (N-methyl/N-ethyl adjacent to an activating group) is 1. The predicted octanol–water partition coefficient (Wildman–Crippen LogP) is 0.653. The van der Waals surface area contributed by atoms with Gasteiger partial charge in [-0.1, -0.05) is 17.7 Å². The van der Waals surface area contributed by atoms with Crippen molar-refractivity contribution in [3.63, 3.8) is 0 Å². The maximum atomic E-state index is 12.5. The van der Waals surface area contributed by atoms with Crippen LogP contribution in [0.15, 0.2) is 24.3 Å². The molecule has 2 amide bonds. The molecule has 0 aliphatic carbocycles. The van der Waals surface area contributed by atoms with Gasteiger partial charge < -0.3 is 15.0 Å². The van der Waals surface area contributed by atoms with Gasteiger partial charge in [-0.2, -0.15) is 0 Å². The maximum Gasteiger partial charge on any atom is 0.263 e. The summed E-state index contributed by atoms with van der Waals surface area (Å²) >= 11 is 0. The Morgan fingerprint density at radius 1 is 1.17 bits per heavy atom. The molecule has 1 N–H and O–H groups in total. The molecule has 126 valence electrons. The number of carbonyl (C=O) groups is 2. The highest BCUT2D eigenvalue weighted by molar-refractivity contribution is 5.81. The van der Waals surface area contributed by atoms with E-state index in [9.17, 15) is 9.59 Å². The summed E-state index contributed by atoms with van der Waals surface area (Å²) in [6.07, 6.45) is -0.511. The number of benzene rings is 1. The molecule has 0 aromatic heterocycles. The number of hydrogen-bond donors (Lipinski definition) is 1. The molecule has 1 atom stereocenters. The van der Waals surface area contributed by atoms with E-state index in [1.807, 2.05) is 36.1 Å². The molecule has 1 aliphatic heterocycles. The average Bonchev–Trinajstić information content (AvgIpc) is 2.56. The summed E-state index contributed by atoms with van der Waals surface area (Å²) < 4.78 is 5.72. The summed E-state index contributed by atoms with van der Waals surface area (Å²) in [6, 6.07) is 7.68. The van der Waals surface area contributed by atoms with E-state index < -0.39 is 6.10 Å². The molecule has 0 radical (unpaired) electrons. The van der Waals surface area contributed by atoms with Crippen LogP contribution in [0.4, 0.5) is 0 Å². The number of hydrogen-bond acceptors (Lipinski definition) is 4. The SMILES string of the molecule is CNC(=O)CN1CCN(C(=O)[C@H](C)Oc2ccc(C)cc2)CC1. The lowest BCUT2D eigenvalue weighted by atomic mass is 10.2. The summed E-state index contributed by atoms with van der Waals surface area (Å²) in [5.41, 5.74) is 1.16. The van der Waals surface area contributed by atoms with E-state index >= 15 is 0 Å². The van der Waals surface area contributed by atoms with E-state index in [1.165, 1.54) is 0 Å². The highest BCUT2D eigenvalue weighted by atomic mass is 16.5. The van der Waals surface area contributed by atoms with Gasteiger partial charge in [-0.3, -0.25) is 14.5 Å². The molecule has 1 aliphatic rings. The summed E-state index contributed by atoms with van der Waals surface area (Å²) in [6.45, 7) is 6.82. The minimum absolute atomic E-state index is 0.000786. The molecule has 6 nitrogen and oxygen atoms in total. The molecule has 6 heteroatoms. The number of piperazine rings is 1. The number of carbonyl (C=O) groups excluding carboxylic acids is 2. The van der Waals surface area contributed by atoms with Gasteiger partial charge in [0.15, 0.2) is 6.10 Å². The molecule has 0 bridgehead atoms. The average molecular weight is 319 g/mol. The molecule has 1 heterocycles. The van der Waals surface area contributed by atoms with Crippen molar-refractivity contribution in [1.82, 2.24) is 15.1 Å². The number of rotatable bonds is 5. The van der Waals surface area contributed by atoms with Gasteiger partial charge in [-0.05, 0) is 26.0 Å². The molecule has 0 unspecified atom stereocenters. The highest BCUT2D eigenvalue weighted by Crippen LogP contribution is 2.15. The summed E-state index contributed by atoms with van der Waals surface area (Å²) in [5.74, 6) is 0.695. The minimum atomic E-state index is -0.511. The normalized spacial score (nSPS) is 16.7. The van der Waals surface area contributed by atoms with Crippen LogP contribution in [0, 0.1) is 6.92 Å².